The zero-order valence-corrected chi connectivity index (χ0v) is 7.40. The van der Waals surface area contributed by atoms with Gasteiger partial charge in [0, 0.05) is 0 Å². The topological polar surface area (TPSA) is 62.7 Å². The van der Waals surface area contributed by atoms with Crippen molar-refractivity contribution in [2.24, 2.45) is 0 Å². The molecule has 0 atom stereocenters. The summed E-state index contributed by atoms with van der Waals surface area (Å²) in [6.07, 6.45) is 0.552. The molecular formula is C4H3Cl3N2O2. The smallest absolute Gasteiger partial charge is 0.413 e. The maximum Gasteiger partial charge on any atom is 0.413 e. The van der Waals surface area contributed by atoms with Gasteiger partial charge in [0.1, 0.15) is 6.61 Å². The molecule has 0 rings (SSSR count). The van der Waals surface area contributed by atoms with Crippen LogP contribution in [0, 0.1) is 0 Å². The SMILES string of the molecule is [N-]=[N+]=CC(=O)OCC(Cl)(Cl)Cl. The molecule has 0 unspecified atom stereocenters. The summed E-state index contributed by atoms with van der Waals surface area (Å²) < 4.78 is 2.66. The molecule has 0 bridgehead atoms. The van der Waals surface area contributed by atoms with E-state index in [0.717, 1.165) is 0 Å². The minimum Gasteiger partial charge on any atom is -0.453 e. The monoisotopic (exact) mass is 216 g/mol. The Morgan fingerprint density at radius 1 is 1.64 bits per heavy atom. The van der Waals surface area contributed by atoms with Gasteiger partial charge in [0.2, 0.25) is 3.79 Å². The van der Waals surface area contributed by atoms with Gasteiger partial charge in [-0.2, -0.15) is 4.79 Å². The average molecular weight is 217 g/mol. The maximum absolute atomic E-state index is 10.4. The van der Waals surface area contributed by atoms with E-state index >= 15 is 0 Å². The van der Waals surface area contributed by atoms with Gasteiger partial charge in [-0.05, 0) is 0 Å². The van der Waals surface area contributed by atoms with Crippen molar-refractivity contribution in [3.8, 4) is 0 Å². The molecule has 0 fully saturated rings. The lowest BCUT2D eigenvalue weighted by Gasteiger charge is -2.07. The minimum absolute atomic E-state index is 0.386. The summed E-state index contributed by atoms with van der Waals surface area (Å²) in [4.78, 5) is 12.8. The van der Waals surface area contributed by atoms with Gasteiger partial charge in [0.25, 0.3) is 0 Å². The van der Waals surface area contributed by atoms with Gasteiger partial charge in [-0.25, -0.2) is 4.79 Å². The largest absolute Gasteiger partial charge is 0.453 e. The number of rotatable bonds is 2. The zero-order valence-electron chi connectivity index (χ0n) is 5.13. The predicted octanol–water partition coefficient (Wildman–Crippen LogP) is 1.20. The Hall–Kier alpha value is -0.280. The van der Waals surface area contributed by atoms with Gasteiger partial charge in [0.15, 0.2) is 0 Å². The van der Waals surface area contributed by atoms with E-state index < -0.39 is 9.76 Å². The maximum atomic E-state index is 10.4. The summed E-state index contributed by atoms with van der Waals surface area (Å²) in [5.41, 5.74) is 7.84. The van der Waals surface area contributed by atoms with Crippen molar-refractivity contribution in [1.29, 1.82) is 0 Å². The highest BCUT2D eigenvalue weighted by Crippen LogP contribution is 2.25. The molecule has 0 saturated heterocycles. The van der Waals surface area contributed by atoms with E-state index in [0.29, 0.717) is 6.21 Å². The van der Waals surface area contributed by atoms with Crippen molar-refractivity contribution in [3.05, 3.63) is 5.53 Å². The predicted molar refractivity (Wildman–Crippen MR) is 40.9 cm³/mol. The van der Waals surface area contributed by atoms with E-state index in [1.165, 1.54) is 0 Å². The summed E-state index contributed by atoms with van der Waals surface area (Å²) in [5, 5.41) is 0. The molecular weight excluding hydrogens is 214 g/mol. The van der Waals surface area contributed by atoms with E-state index in [-0.39, 0.29) is 6.61 Å². The Morgan fingerprint density at radius 3 is 2.55 bits per heavy atom. The first kappa shape index (κ1) is 10.7. The van der Waals surface area contributed by atoms with Crippen molar-refractivity contribution in [1.82, 2.24) is 0 Å². The Morgan fingerprint density at radius 2 is 2.18 bits per heavy atom. The highest BCUT2D eigenvalue weighted by Gasteiger charge is 2.22. The summed E-state index contributed by atoms with van der Waals surface area (Å²) in [7, 11) is 0. The average Bonchev–Trinajstić information content (AvgIpc) is 1.83. The standard InChI is InChI=1S/C4H3Cl3N2O2/c5-4(6,7)2-11-3(10)1-9-8/h1H,2H2. The zero-order chi connectivity index (χ0) is 8.91. The number of esters is 1. The minimum atomic E-state index is -1.64. The first-order valence-electron chi connectivity index (χ1n) is 2.36. The van der Waals surface area contributed by atoms with Crippen molar-refractivity contribution in [3.63, 3.8) is 0 Å². The third kappa shape index (κ3) is 7.62. The van der Waals surface area contributed by atoms with Crippen molar-refractivity contribution >= 4 is 47.0 Å². The summed E-state index contributed by atoms with van der Waals surface area (Å²) in [5.74, 6) is -0.876. The van der Waals surface area contributed by atoms with Crippen molar-refractivity contribution in [2.45, 2.75) is 3.79 Å². The molecule has 0 spiro atoms. The van der Waals surface area contributed by atoms with Gasteiger partial charge in [-0.3, -0.25) is 0 Å². The normalized spacial score (nSPS) is 10.1. The van der Waals surface area contributed by atoms with E-state index in [1.54, 1.807) is 0 Å². The summed E-state index contributed by atoms with van der Waals surface area (Å²) >= 11 is 15.7. The molecule has 0 saturated carbocycles. The van der Waals surface area contributed by atoms with Crippen LogP contribution in [0.5, 0.6) is 0 Å². The van der Waals surface area contributed by atoms with Gasteiger partial charge in [0.05, 0.1) is 0 Å². The highest BCUT2D eigenvalue weighted by molar-refractivity contribution is 6.67. The van der Waals surface area contributed by atoms with Crippen LogP contribution in [0.2, 0.25) is 0 Å². The number of alkyl halides is 3. The fraction of sp³-hybridized carbons (Fsp3) is 0.500. The molecule has 4 nitrogen and oxygen atoms in total. The van der Waals surface area contributed by atoms with Crippen LogP contribution in [0.25, 0.3) is 5.53 Å². The number of hydrogen-bond donors (Lipinski definition) is 0. The molecule has 0 heterocycles. The number of carbonyl (C=O) groups is 1. The molecule has 0 aliphatic heterocycles. The Labute approximate surface area is 77.6 Å². The molecule has 0 aromatic rings. The van der Waals surface area contributed by atoms with Gasteiger partial charge >= 0.3 is 12.2 Å². The first-order valence-corrected chi connectivity index (χ1v) is 3.50. The van der Waals surface area contributed by atoms with Crippen LogP contribution in [0.15, 0.2) is 0 Å². The number of ether oxygens (including phenoxy) is 1. The lowest BCUT2D eigenvalue weighted by Crippen LogP contribution is -2.17. The molecule has 0 aromatic heterocycles. The molecule has 0 radical (unpaired) electrons. The Bertz CT molecular complexity index is 194. The van der Waals surface area contributed by atoms with Crippen LogP contribution in [-0.4, -0.2) is 27.4 Å². The second kappa shape index (κ2) is 4.57. The second-order valence-electron chi connectivity index (χ2n) is 1.47. The molecule has 0 aliphatic carbocycles. The van der Waals surface area contributed by atoms with Crippen molar-refractivity contribution in [2.75, 3.05) is 6.61 Å². The van der Waals surface area contributed by atoms with Crippen LogP contribution < -0.4 is 0 Å². The fourth-order valence-corrected chi connectivity index (χ4v) is 0.401. The van der Waals surface area contributed by atoms with Gasteiger partial charge in [-0.15, -0.1) is 0 Å². The van der Waals surface area contributed by atoms with Gasteiger partial charge < -0.3 is 10.3 Å². The van der Waals surface area contributed by atoms with Crippen LogP contribution in [0.3, 0.4) is 0 Å². The molecule has 0 aliphatic rings. The summed E-state index contributed by atoms with van der Waals surface area (Å²) in [6, 6.07) is 0. The van der Waals surface area contributed by atoms with Crippen LogP contribution in [-0.2, 0) is 9.53 Å². The number of halogens is 3. The quantitative estimate of drug-likeness (QED) is 0.229. The molecule has 7 heteroatoms. The Balaban J connectivity index is 3.72. The summed E-state index contributed by atoms with van der Waals surface area (Å²) in [6.45, 7) is -0.386. The molecule has 0 aromatic carbocycles. The number of hydrogen-bond acceptors (Lipinski definition) is 2. The van der Waals surface area contributed by atoms with E-state index in [4.69, 9.17) is 40.3 Å². The number of carbonyl (C=O) groups excluding carboxylic acids is 1. The third-order valence-electron chi connectivity index (χ3n) is 0.541. The molecule has 0 N–H and O–H groups in total. The lowest BCUT2D eigenvalue weighted by atomic mass is 10.7. The van der Waals surface area contributed by atoms with Crippen LogP contribution >= 0.6 is 34.8 Å². The molecule has 11 heavy (non-hydrogen) atoms. The fourth-order valence-electron chi connectivity index (χ4n) is 0.237. The van der Waals surface area contributed by atoms with Gasteiger partial charge in [-0.1, -0.05) is 34.8 Å². The van der Waals surface area contributed by atoms with E-state index in [1.807, 2.05) is 0 Å². The van der Waals surface area contributed by atoms with Crippen LogP contribution in [0.4, 0.5) is 0 Å². The molecule has 0 amide bonds. The molecule has 62 valence electrons. The lowest BCUT2D eigenvalue weighted by molar-refractivity contribution is -0.138. The number of nitrogens with zero attached hydrogens (tertiary/aromatic N) is 2. The van der Waals surface area contributed by atoms with Crippen molar-refractivity contribution < 1.29 is 14.3 Å². The van der Waals surface area contributed by atoms with Crippen LogP contribution in [0.1, 0.15) is 0 Å². The second-order valence-corrected chi connectivity index (χ2v) is 3.98. The Kier molecular flexibility index (Phi) is 4.45. The highest BCUT2D eigenvalue weighted by atomic mass is 35.6. The first-order chi connectivity index (χ1) is 4.95. The van der Waals surface area contributed by atoms with E-state index in [9.17, 15) is 4.79 Å². The van der Waals surface area contributed by atoms with E-state index in [2.05, 4.69) is 9.53 Å². The third-order valence-corrected chi connectivity index (χ3v) is 0.869.